The number of amides is 1. The van der Waals surface area contributed by atoms with Crippen molar-refractivity contribution in [1.82, 2.24) is 5.32 Å². The van der Waals surface area contributed by atoms with Crippen molar-refractivity contribution in [2.24, 2.45) is 0 Å². The van der Waals surface area contributed by atoms with Gasteiger partial charge in [0.2, 0.25) is 0 Å². The molecule has 5 heteroatoms. The fourth-order valence-electron chi connectivity index (χ4n) is 0.996. The molecule has 0 fully saturated rings. The van der Waals surface area contributed by atoms with Crippen LogP contribution in [0.2, 0.25) is 0 Å². The summed E-state index contributed by atoms with van der Waals surface area (Å²) in [5.74, 6) is -1.13. The van der Waals surface area contributed by atoms with Crippen LogP contribution >= 0.6 is 0 Å². The van der Waals surface area contributed by atoms with Crippen molar-refractivity contribution < 1.29 is 19.4 Å². The smallest absolute Gasteiger partial charge is 0.353 e. The number of hydrogen-bond donors (Lipinski definition) is 2. The van der Waals surface area contributed by atoms with Gasteiger partial charge in [-0.05, 0) is 24.3 Å². The Balaban J connectivity index is 2.69. The lowest BCUT2D eigenvalue weighted by atomic mass is 10.2. The van der Waals surface area contributed by atoms with Crippen molar-refractivity contribution in [2.45, 2.75) is 0 Å². The van der Waals surface area contributed by atoms with Gasteiger partial charge >= 0.3 is 5.97 Å². The van der Waals surface area contributed by atoms with Crippen LogP contribution in [0.4, 0.5) is 0 Å². The first-order valence-electron chi connectivity index (χ1n) is 4.42. The number of rotatable bonds is 3. The maximum Gasteiger partial charge on any atom is 0.353 e. The minimum Gasteiger partial charge on any atom is -0.508 e. The average molecular weight is 221 g/mol. The Morgan fingerprint density at radius 3 is 2.38 bits per heavy atom. The Hall–Kier alpha value is -2.30. The molecule has 0 heterocycles. The summed E-state index contributed by atoms with van der Waals surface area (Å²) < 4.78 is 4.37. The molecular formula is C11H11NO4. The number of methoxy groups -OCH3 is 1. The second kappa shape index (κ2) is 4.97. The van der Waals surface area contributed by atoms with E-state index in [1.54, 1.807) is 0 Å². The van der Waals surface area contributed by atoms with E-state index in [0.29, 0.717) is 5.56 Å². The molecule has 0 atom stereocenters. The number of carbonyl (C=O) groups excluding carboxylic acids is 2. The summed E-state index contributed by atoms with van der Waals surface area (Å²) in [6, 6.07) is 5.59. The molecule has 1 aromatic rings. The molecule has 0 saturated heterocycles. The standard InChI is InChI=1S/C11H11NO4/c1-7(11(15)16-2)12-10(14)8-3-5-9(13)6-4-8/h3-6,13H,1H2,2H3,(H,12,14). The van der Waals surface area contributed by atoms with E-state index in [1.165, 1.54) is 31.4 Å². The van der Waals surface area contributed by atoms with Crippen LogP contribution in [0.15, 0.2) is 36.5 Å². The lowest BCUT2D eigenvalue weighted by Gasteiger charge is -2.06. The fraction of sp³-hybridized carbons (Fsp3) is 0.0909. The van der Waals surface area contributed by atoms with Crippen LogP contribution < -0.4 is 5.32 Å². The van der Waals surface area contributed by atoms with Gasteiger partial charge in [0.25, 0.3) is 5.91 Å². The van der Waals surface area contributed by atoms with Gasteiger partial charge in [-0.2, -0.15) is 0 Å². The number of nitrogens with one attached hydrogen (secondary N) is 1. The number of phenolic OH excluding ortho intramolecular Hbond substituents is 1. The van der Waals surface area contributed by atoms with E-state index < -0.39 is 11.9 Å². The van der Waals surface area contributed by atoms with E-state index in [0.717, 1.165) is 0 Å². The van der Waals surface area contributed by atoms with Gasteiger partial charge in [-0.1, -0.05) is 6.58 Å². The molecule has 0 aliphatic rings. The summed E-state index contributed by atoms with van der Waals surface area (Å²) in [5, 5.41) is 11.3. The zero-order chi connectivity index (χ0) is 12.1. The largest absolute Gasteiger partial charge is 0.508 e. The van der Waals surface area contributed by atoms with Crippen LogP contribution in [0.25, 0.3) is 0 Å². The molecule has 0 saturated carbocycles. The van der Waals surface area contributed by atoms with Gasteiger partial charge in [0.1, 0.15) is 11.4 Å². The molecule has 0 radical (unpaired) electrons. The van der Waals surface area contributed by atoms with E-state index in [1.807, 2.05) is 0 Å². The molecule has 84 valence electrons. The molecule has 0 unspecified atom stereocenters. The van der Waals surface area contributed by atoms with Crippen LogP contribution in [-0.4, -0.2) is 24.1 Å². The number of carbonyl (C=O) groups is 2. The molecule has 0 aliphatic heterocycles. The highest BCUT2D eigenvalue weighted by Crippen LogP contribution is 2.09. The predicted octanol–water partition coefficient (Wildman–Crippen LogP) is 0.809. The Morgan fingerprint density at radius 2 is 1.88 bits per heavy atom. The Kier molecular flexibility index (Phi) is 3.66. The maximum absolute atomic E-state index is 11.5. The molecule has 16 heavy (non-hydrogen) atoms. The van der Waals surface area contributed by atoms with E-state index in [2.05, 4.69) is 16.6 Å². The molecule has 1 aromatic carbocycles. The summed E-state index contributed by atoms with van der Waals surface area (Å²) in [5.41, 5.74) is 0.170. The van der Waals surface area contributed by atoms with Gasteiger partial charge in [-0.25, -0.2) is 4.79 Å². The van der Waals surface area contributed by atoms with Gasteiger partial charge in [0.05, 0.1) is 7.11 Å². The maximum atomic E-state index is 11.5. The second-order valence-corrected chi connectivity index (χ2v) is 2.97. The van der Waals surface area contributed by atoms with Crippen molar-refractivity contribution in [2.75, 3.05) is 7.11 Å². The third kappa shape index (κ3) is 2.84. The normalized spacial score (nSPS) is 9.31. The van der Waals surface area contributed by atoms with E-state index in [9.17, 15) is 9.59 Å². The first-order valence-corrected chi connectivity index (χ1v) is 4.42. The summed E-state index contributed by atoms with van der Waals surface area (Å²) in [6.45, 7) is 3.35. The SMILES string of the molecule is C=C(NC(=O)c1ccc(O)cc1)C(=O)OC. The summed E-state index contributed by atoms with van der Waals surface area (Å²) in [6.07, 6.45) is 0. The number of phenols is 1. The van der Waals surface area contributed by atoms with Crippen LogP contribution in [0, 0.1) is 0 Å². The molecule has 1 amide bonds. The van der Waals surface area contributed by atoms with Crippen molar-refractivity contribution in [1.29, 1.82) is 0 Å². The Morgan fingerprint density at radius 1 is 1.31 bits per heavy atom. The van der Waals surface area contributed by atoms with Crippen molar-refractivity contribution >= 4 is 11.9 Å². The molecule has 2 N–H and O–H groups in total. The number of benzene rings is 1. The fourth-order valence-corrected chi connectivity index (χ4v) is 0.996. The quantitative estimate of drug-likeness (QED) is 0.585. The van der Waals surface area contributed by atoms with Gasteiger partial charge in [0.15, 0.2) is 0 Å². The minimum absolute atomic E-state index is 0.0587. The second-order valence-electron chi connectivity index (χ2n) is 2.97. The molecule has 1 rings (SSSR count). The minimum atomic E-state index is -0.702. The third-order valence-electron chi connectivity index (χ3n) is 1.83. The number of aromatic hydroxyl groups is 1. The van der Waals surface area contributed by atoms with Gasteiger partial charge in [-0.15, -0.1) is 0 Å². The average Bonchev–Trinajstić information content (AvgIpc) is 2.28. The molecule has 0 bridgehead atoms. The van der Waals surface area contributed by atoms with Crippen molar-refractivity contribution in [3.63, 3.8) is 0 Å². The topological polar surface area (TPSA) is 75.6 Å². The first-order chi connectivity index (χ1) is 7.54. The highest BCUT2D eigenvalue weighted by atomic mass is 16.5. The monoisotopic (exact) mass is 221 g/mol. The van der Waals surface area contributed by atoms with Gasteiger partial charge < -0.3 is 15.2 Å². The molecule has 0 aliphatic carbocycles. The highest BCUT2D eigenvalue weighted by Gasteiger charge is 2.11. The zero-order valence-corrected chi connectivity index (χ0v) is 8.69. The molecule has 0 spiro atoms. The van der Waals surface area contributed by atoms with E-state index in [4.69, 9.17) is 5.11 Å². The summed E-state index contributed by atoms with van der Waals surface area (Å²) in [7, 11) is 1.19. The third-order valence-corrected chi connectivity index (χ3v) is 1.83. The van der Waals surface area contributed by atoms with Gasteiger partial charge in [0, 0.05) is 5.56 Å². The molecular weight excluding hydrogens is 210 g/mol. The number of hydrogen-bond acceptors (Lipinski definition) is 4. The predicted molar refractivity (Wildman–Crippen MR) is 56.7 cm³/mol. The lowest BCUT2D eigenvalue weighted by Crippen LogP contribution is -2.27. The number of esters is 1. The Labute approximate surface area is 92.3 Å². The molecule has 0 aromatic heterocycles. The van der Waals surface area contributed by atoms with Crippen molar-refractivity contribution in [3.8, 4) is 5.75 Å². The van der Waals surface area contributed by atoms with Crippen LogP contribution in [0.5, 0.6) is 5.75 Å². The van der Waals surface area contributed by atoms with E-state index in [-0.39, 0.29) is 11.4 Å². The Bertz CT molecular complexity index is 422. The van der Waals surface area contributed by atoms with Crippen molar-refractivity contribution in [3.05, 3.63) is 42.1 Å². The van der Waals surface area contributed by atoms with E-state index >= 15 is 0 Å². The van der Waals surface area contributed by atoms with Crippen LogP contribution in [0.3, 0.4) is 0 Å². The summed E-state index contributed by atoms with van der Waals surface area (Å²) in [4.78, 5) is 22.5. The molecule has 5 nitrogen and oxygen atoms in total. The van der Waals surface area contributed by atoms with Crippen LogP contribution in [0.1, 0.15) is 10.4 Å². The zero-order valence-electron chi connectivity index (χ0n) is 8.69. The first kappa shape index (κ1) is 11.8. The lowest BCUT2D eigenvalue weighted by molar-refractivity contribution is -0.136. The summed E-state index contributed by atoms with van der Waals surface area (Å²) >= 11 is 0. The van der Waals surface area contributed by atoms with Crippen LogP contribution in [-0.2, 0) is 9.53 Å². The number of ether oxygens (including phenoxy) is 1. The highest BCUT2D eigenvalue weighted by molar-refractivity contribution is 6.00. The van der Waals surface area contributed by atoms with Gasteiger partial charge in [-0.3, -0.25) is 4.79 Å².